The Hall–Kier alpha value is -2.86. The van der Waals surface area contributed by atoms with Crippen molar-refractivity contribution in [3.8, 4) is 5.75 Å². The van der Waals surface area contributed by atoms with Crippen molar-refractivity contribution in [3.05, 3.63) is 69.4 Å². The Bertz CT molecular complexity index is 1010. The quantitative estimate of drug-likeness (QED) is 0.408. The minimum atomic E-state index is -0.387. The molecular formula is C21H22ClN3O3. The molecule has 6 nitrogen and oxygen atoms in total. The molecule has 0 amide bonds. The number of benzene rings is 2. The second kappa shape index (κ2) is 8.02. The van der Waals surface area contributed by atoms with Gasteiger partial charge in [0.15, 0.2) is 0 Å². The number of halogens is 1. The van der Waals surface area contributed by atoms with Crippen molar-refractivity contribution in [2.45, 2.75) is 25.8 Å². The number of ether oxygens (including phenoxy) is 1. The van der Waals surface area contributed by atoms with Gasteiger partial charge in [0.1, 0.15) is 17.6 Å². The number of hydrogen-bond acceptors (Lipinski definition) is 5. The van der Waals surface area contributed by atoms with Gasteiger partial charge in [0.25, 0.3) is 0 Å². The summed E-state index contributed by atoms with van der Waals surface area (Å²) >= 11 is 6.00. The summed E-state index contributed by atoms with van der Waals surface area (Å²) in [7, 11) is 3.46. The molecule has 0 radical (unpaired) electrons. The number of methoxy groups -OCH3 is 1. The highest BCUT2D eigenvalue weighted by Gasteiger charge is 2.27. The van der Waals surface area contributed by atoms with Crippen molar-refractivity contribution in [1.29, 1.82) is 0 Å². The van der Waals surface area contributed by atoms with Gasteiger partial charge >= 0.3 is 5.69 Å². The zero-order chi connectivity index (χ0) is 20.4. The molecule has 28 heavy (non-hydrogen) atoms. The Balaban J connectivity index is 2.07. The Morgan fingerprint density at radius 2 is 1.86 bits per heavy atom. The van der Waals surface area contributed by atoms with Crippen LogP contribution < -0.4 is 9.64 Å². The van der Waals surface area contributed by atoms with Gasteiger partial charge in [0, 0.05) is 35.5 Å². The molecule has 0 N–H and O–H groups in total. The maximum Gasteiger partial charge on any atom is 0.311 e. The fourth-order valence-electron chi connectivity index (χ4n) is 3.36. The van der Waals surface area contributed by atoms with E-state index in [9.17, 15) is 10.1 Å². The normalized spacial score (nSPS) is 13.2. The summed E-state index contributed by atoms with van der Waals surface area (Å²) in [4.78, 5) is 17.5. The van der Waals surface area contributed by atoms with Crippen LogP contribution in [0.15, 0.2) is 48.7 Å². The Morgan fingerprint density at radius 1 is 1.18 bits per heavy atom. The lowest BCUT2D eigenvalue weighted by Crippen LogP contribution is -2.34. The van der Waals surface area contributed by atoms with E-state index in [2.05, 4.69) is 18.8 Å². The van der Waals surface area contributed by atoms with Gasteiger partial charge in [-0.15, -0.1) is 0 Å². The second-order valence-electron chi connectivity index (χ2n) is 6.82. The number of nitro groups is 1. The number of anilines is 1. The Labute approximate surface area is 168 Å². The largest absolute Gasteiger partial charge is 0.497 e. The van der Waals surface area contributed by atoms with E-state index in [0.29, 0.717) is 27.4 Å². The zero-order valence-electron chi connectivity index (χ0n) is 16.2. The molecule has 1 aromatic heterocycles. The van der Waals surface area contributed by atoms with Gasteiger partial charge in [-0.05, 0) is 36.8 Å². The SMILES string of the molecule is COc1ccc2c(N(C)C(C)C(C)c3ccc(Cl)cc3)c([N+](=O)[O-])cnc2c1. The van der Waals surface area contributed by atoms with Crippen LogP contribution in [0, 0.1) is 10.1 Å². The maximum atomic E-state index is 11.7. The molecule has 0 spiro atoms. The molecule has 0 saturated heterocycles. The summed E-state index contributed by atoms with van der Waals surface area (Å²) in [5.41, 5.74) is 2.30. The number of aromatic nitrogens is 1. The molecule has 3 rings (SSSR count). The van der Waals surface area contributed by atoms with Crippen molar-refractivity contribution in [2.24, 2.45) is 0 Å². The second-order valence-corrected chi connectivity index (χ2v) is 7.26. The van der Waals surface area contributed by atoms with E-state index in [0.717, 1.165) is 5.56 Å². The average Bonchev–Trinajstić information content (AvgIpc) is 2.71. The summed E-state index contributed by atoms with van der Waals surface area (Å²) in [6.45, 7) is 4.15. The molecule has 146 valence electrons. The summed E-state index contributed by atoms with van der Waals surface area (Å²) in [5.74, 6) is 0.786. The molecule has 0 aliphatic heterocycles. The van der Waals surface area contributed by atoms with Crippen molar-refractivity contribution < 1.29 is 9.66 Å². The van der Waals surface area contributed by atoms with Crippen LogP contribution in [-0.2, 0) is 0 Å². The van der Waals surface area contributed by atoms with E-state index in [4.69, 9.17) is 16.3 Å². The van der Waals surface area contributed by atoms with Gasteiger partial charge < -0.3 is 9.64 Å². The van der Waals surface area contributed by atoms with Crippen LogP contribution in [0.5, 0.6) is 5.75 Å². The van der Waals surface area contributed by atoms with E-state index in [1.807, 2.05) is 42.3 Å². The minimum Gasteiger partial charge on any atom is -0.497 e. The van der Waals surface area contributed by atoms with E-state index < -0.39 is 0 Å². The van der Waals surface area contributed by atoms with Crippen molar-refractivity contribution >= 4 is 33.9 Å². The smallest absolute Gasteiger partial charge is 0.311 e. The molecule has 0 fully saturated rings. The first kappa shape index (κ1) is 19.9. The highest BCUT2D eigenvalue weighted by molar-refractivity contribution is 6.30. The van der Waals surface area contributed by atoms with E-state index in [-0.39, 0.29) is 22.6 Å². The third kappa shape index (κ3) is 3.73. The lowest BCUT2D eigenvalue weighted by molar-refractivity contribution is -0.384. The van der Waals surface area contributed by atoms with Gasteiger partial charge in [-0.25, -0.2) is 4.98 Å². The van der Waals surface area contributed by atoms with Crippen LogP contribution in [0.1, 0.15) is 25.3 Å². The van der Waals surface area contributed by atoms with Crippen LogP contribution in [0.4, 0.5) is 11.4 Å². The fraction of sp³-hybridized carbons (Fsp3) is 0.286. The fourth-order valence-corrected chi connectivity index (χ4v) is 3.49. The summed E-state index contributed by atoms with van der Waals surface area (Å²) in [6, 6.07) is 13.1. The van der Waals surface area contributed by atoms with Crippen LogP contribution in [0.2, 0.25) is 5.02 Å². The topological polar surface area (TPSA) is 68.5 Å². The molecule has 0 aliphatic carbocycles. The van der Waals surface area contributed by atoms with Gasteiger partial charge in [-0.1, -0.05) is 30.7 Å². The first-order chi connectivity index (χ1) is 13.3. The molecule has 2 atom stereocenters. The van der Waals surface area contributed by atoms with Crippen LogP contribution in [0.25, 0.3) is 10.9 Å². The van der Waals surface area contributed by atoms with Crippen molar-refractivity contribution in [3.63, 3.8) is 0 Å². The molecule has 0 aliphatic rings. The number of nitrogens with zero attached hydrogens (tertiary/aromatic N) is 3. The van der Waals surface area contributed by atoms with Gasteiger partial charge in [0.05, 0.1) is 17.5 Å². The zero-order valence-corrected chi connectivity index (χ0v) is 17.0. The Morgan fingerprint density at radius 3 is 2.46 bits per heavy atom. The first-order valence-electron chi connectivity index (χ1n) is 8.93. The first-order valence-corrected chi connectivity index (χ1v) is 9.30. The molecule has 1 heterocycles. The summed E-state index contributed by atoms with van der Waals surface area (Å²) < 4.78 is 5.26. The van der Waals surface area contributed by atoms with E-state index >= 15 is 0 Å². The predicted molar refractivity (Wildman–Crippen MR) is 113 cm³/mol. The van der Waals surface area contributed by atoms with E-state index in [1.54, 1.807) is 19.2 Å². The number of rotatable bonds is 6. The third-order valence-electron chi connectivity index (χ3n) is 5.31. The molecule has 3 aromatic rings. The standard InChI is InChI=1S/C21H22ClN3O3/c1-13(15-5-7-16(22)8-6-15)14(2)24(3)21-18-10-9-17(28-4)11-19(18)23-12-20(21)25(26)27/h5-14H,1-4H3. The molecule has 7 heteroatoms. The van der Waals surface area contributed by atoms with Crippen LogP contribution >= 0.6 is 11.6 Å². The highest BCUT2D eigenvalue weighted by atomic mass is 35.5. The molecule has 2 unspecified atom stereocenters. The third-order valence-corrected chi connectivity index (χ3v) is 5.56. The molecule has 0 saturated carbocycles. The van der Waals surface area contributed by atoms with Gasteiger partial charge in [-0.3, -0.25) is 10.1 Å². The monoisotopic (exact) mass is 399 g/mol. The minimum absolute atomic E-state index is 0.00687. The number of hydrogen-bond donors (Lipinski definition) is 0. The molecule has 2 aromatic carbocycles. The number of likely N-dealkylation sites (N-methyl/N-ethyl adjacent to an activating group) is 1. The number of fused-ring (bicyclic) bond motifs is 1. The Kier molecular flexibility index (Phi) is 5.70. The van der Waals surface area contributed by atoms with E-state index in [1.165, 1.54) is 6.20 Å². The number of pyridine rings is 1. The molecule has 0 bridgehead atoms. The van der Waals surface area contributed by atoms with Crippen molar-refractivity contribution in [2.75, 3.05) is 19.1 Å². The van der Waals surface area contributed by atoms with Gasteiger partial charge in [-0.2, -0.15) is 0 Å². The lowest BCUT2D eigenvalue weighted by Gasteiger charge is -2.32. The van der Waals surface area contributed by atoms with Crippen molar-refractivity contribution in [1.82, 2.24) is 4.98 Å². The van der Waals surface area contributed by atoms with Crippen LogP contribution in [0.3, 0.4) is 0 Å². The van der Waals surface area contributed by atoms with Gasteiger partial charge in [0.2, 0.25) is 0 Å². The molecular weight excluding hydrogens is 378 g/mol. The summed E-state index contributed by atoms with van der Waals surface area (Å²) in [5, 5.41) is 13.1. The predicted octanol–water partition coefficient (Wildman–Crippen LogP) is 5.43. The van der Waals surface area contributed by atoms with Crippen LogP contribution in [-0.4, -0.2) is 30.1 Å². The average molecular weight is 400 g/mol. The maximum absolute atomic E-state index is 11.7. The summed E-state index contributed by atoms with van der Waals surface area (Å²) in [6.07, 6.45) is 1.31. The lowest BCUT2D eigenvalue weighted by atomic mass is 9.93. The highest BCUT2D eigenvalue weighted by Crippen LogP contribution is 2.38.